The lowest BCUT2D eigenvalue weighted by Gasteiger charge is -2.09. The highest BCUT2D eigenvalue weighted by Crippen LogP contribution is 2.12. The van der Waals surface area contributed by atoms with E-state index >= 15 is 0 Å². The molecule has 1 aromatic heterocycles. The van der Waals surface area contributed by atoms with Crippen LogP contribution < -0.4 is 16.8 Å². The van der Waals surface area contributed by atoms with Gasteiger partial charge < -0.3 is 15.5 Å². The Morgan fingerprint density at radius 1 is 1.53 bits per heavy atom. The van der Waals surface area contributed by atoms with Crippen molar-refractivity contribution in [3.8, 4) is 0 Å². The van der Waals surface area contributed by atoms with Gasteiger partial charge in [-0.25, -0.2) is 4.79 Å². The summed E-state index contributed by atoms with van der Waals surface area (Å²) in [6.07, 6.45) is 0.252. The minimum atomic E-state index is -0.492. The van der Waals surface area contributed by atoms with Crippen LogP contribution in [0.4, 0.5) is 0 Å². The number of amides is 1. The maximum absolute atomic E-state index is 11.7. The molecule has 0 aliphatic heterocycles. The molecule has 0 radical (unpaired) electrons. The number of hydrogen-bond donors (Lipinski definition) is 3. The van der Waals surface area contributed by atoms with E-state index in [4.69, 9.17) is 10.2 Å². The van der Waals surface area contributed by atoms with Crippen LogP contribution in [0.15, 0.2) is 27.4 Å². The molecule has 0 aliphatic rings. The van der Waals surface area contributed by atoms with Crippen molar-refractivity contribution in [2.45, 2.75) is 13.3 Å². The number of H-pyrrole nitrogens is 1. The molecule has 0 spiro atoms. The van der Waals surface area contributed by atoms with Gasteiger partial charge in [-0.05, 0) is 30.2 Å². The molecule has 0 fully saturated rings. The van der Waals surface area contributed by atoms with E-state index in [2.05, 4.69) is 10.3 Å². The molecule has 1 heterocycles. The van der Waals surface area contributed by atoms with Crippen LogP contribution in [0.5, 0.6) is 0 Å². The van der Waals surface area contributed by atoms with Crippen molar-refractivity contribution in [3.63, 3.8) is 0 Å². The number of nitrogens with two attached hydrogens (primary N) is 1. The molecule has 6 nitrogen and oxygen atoms in total. The summed E-state index contributed by atoms with van der Waals surface area (Å²) in [5, 5.41) is 2.82. The second-order valence-corrected chi connectivity index (χ2v) is 4.67. The van der Waals surface area contributed by atoms with E-state index in [1.807, 2.05) is 6.92 Å². The first kappa shape index (κ1) is 13.4. The Hall–Kier alpha value is -2.08. The van der Waals surface area contributed by atoms with Crippen molar-refractivity contribution in [1.29, 1.82) is 0 Å². The van der Waals surface area contributed by atoms with E-state index in [1.165, 1.54) is 0 Å². The average molecular weight is 263 g/mol. The number of oxazole rings is 1. The summed E-state index contributed by atoms with van der Waals surface area (Å²) in [7, 11) is 0. The fraction of sp³-hybridized carbons (Fsp3) is 0.385. The summed E-state index contributed by atoms with van der Waals surface area (Å²) in [5.41, 5.74) is 7.37. The van der Waals surface area contributed by atoms with Crippen molar-refractivity contribution < 1.29 is 9.21 Å². The molecule has 1 aromatic carbocycles. The zero-order chi connectivity index (χ0) is 13.8. The van der Waals surface area contributed by atoms with Crippen LogP contribution in [-0.4, -0.2) is 24.0 Å². The van der Waals surface area contributed by atoms with Gasteiger partial charge in [-0.15, -0.1) is 0 Å². The Balaban J connectivity index is 2.00. The minimum Gasteiger partial charge on any atom is -0.408 e. The topological polar surface area (TPSA) is 101 Å². The average Bonchev–Trinajstić information content (AvgIpc) is 2.75. The zero-order valence-corrected chi connectivity index (χ0v) is 10.7. The lowest BCUT2D eigenvalue weighted by Crippen LogP contribution is -2.32. The Morgan fingerprint density at radius 3 is 3.05 bits per heavy atom. The van der Waals surface area contributed by atoms with Gasteiger partial charge in [0, 0.05) is 6.54 Å². The number of hydrogen-bond acceptors (Lipinski definition) is 4. The molecule has 0 saturated carbocycles. The van der Waals surface area contributed by atoms with Gasteiger partial charge in [-0.3, -0.25) is 9.78 Å². The summed E-state index contributed by atoms with van der Waals surface area (Å²) in [5.74, 6) is -0.306. The van der Waals surface area contributed by atoms with E-state index in [9.17, 15) is 9.59 Å². The highest BCUT2D eigenvalue weighted by atomic mass is 16.4. The van der Waals surface area contributed by atoms with Crippen LogP contribution in [0.25, 0.3) is 11.1 Å². The third kappa shape index (κ3) is 3.45. The maximum atomic E-state index is 11.7. The van der Waals surface area contributed by atoms with Crippen molar-refractivity contribution in [1.82, 2.24) is 10.3 Å². The number of fused-ring (bicyclic) bond motifs is 1. The number of nitrogens with one attached hydrogen (secondary N) is 2. The van der Waals surface area contributed by atoms with Crippen LogP contribution in [-0.2, 0) is 11.2 Å². The zero-order valence-electron chi connectivity index (χ0n) is 10.7. The summed E-state index contributed by atoms with van der Waals surface area (Å²) in [4.78, 5) is 25.3. The molecule has 6 heteroatoms. The van der Waals surface area contributed by atoms with E-state index < -0.39 is 5.76 Å². The van der Waals surface area contributed by atoms with Crippen molar-refractivity contribution in [3.05, 3.63) is 34.3 Å². The Labute approximate surface area is 110 Å². The van der Waals surface area contributed by atoms with Crippen molar-refractivity contribution >= 4 is 17.0 Å². The van der Waals surface area contributed by atoms with Crippen molar-refractivity contribution in [2.24, 2.45) is 11.7 Å². The van der Waals surface area contributed by atoms with Crippen LogP contribution in [0.3, 0.4) is 0 Å². The van der Waals surface area contributed by atoms with Crippen molar-refractivity contribution in [2.75, 3.05) is 13.1 Å². The molecule has 2 rings (SSSR count). The quantitative estimate of drug-likeness (QED) is 0.725. The highest BCUT2D eigenvalue weighted by Gasteiger charge is 2.07. The SMILES string of the molecule is CC(CN)CNC(=O)Cc1ccc2[nH]c(=O)oc2c1. The lowest BCUT2D eigenvalue weighted by molar-refractivity contribution is -0.120. The summed E-state index contributed by atoms with van der Waals surface area (Å²) < 4.78 is 4.95. The number of carbonyl (C=O) groups is 1. The monoisotopic (exact) mass is 263 g/mol. The predicted molar refractivity (Wildman–Crippen MR) is 71.8 cm³/mol. The number of aromatic amines is 1. The lowest BCUT2D eigenvalue weighted by atomic mass is 10.1. The van der Waals surface area contributed by atoms with Gasteiger partial charge in [0.05, 0.1) is 11.9 Å². The van der Waals surface area contributed by atoms with Gasteiger partial charge in [0.25, 0.3) is 0 Å². The largest absolute Gasteiger partial charge is 0.417 e. The standard InChI is InChI=1S/C13H17N3O3/c1-8(6-14)7-15-12(17)5-9-2-3-10-11(4-9)19-13(18)16-10/h2-4,8H,5-7,14H2,1H3,(H,15,17)(H,16,18). The van der Waals surface area contributed by atoms with Gasteiger partial charge in [0.2, 0.25) is 5.91 Å². The third-order valence-corrected chi connectivity index (χ3v) is 2.90. The van der Waals surface area contributed by atoms with Crippen LogP contribution in [0.2, 0.25) is 0 Å². The van der Waals surface area contributed by atoms with E-state index in [-0.39, 0.29) is 18.2 Å². The molecule has 102 valence electrons. The summed E-state index contributed by atoms with van der Waals surface area (Å²) in [6, 6.07) is 5.21. The van der Waals surface area contributed by atoms with Gasteiger partial charge in [-0.2, -0.15) is 0 Å². The Kier molecular flexibility index (Phi) is 4.01. The van der Waals surface area contributed by atoms with E-state index in [0.29, 0.717) is 24.2 Å². The predicted octanol–water partition coefficient (Wildman–Crippen LogP) is 0.375. The van der Waals surface area contributed by atoms with Gasteiger partial charge in [0.1, 0.15) is 0 Å². The minimum absolute atomic E-state index is 0.0717. The molecule has 1 unspecified atom stereocenters. The van der Waals surface area contributed by atoms with Crippen LogP contribution in [0, 0.1) is 5.92 Å². The third-order valence-electron chi connectivity index (χ3n) is 2.90. The molecule has 0 aliphatic carbocycles. The molecule has 19 heavy (non-hydrogen) atoms. The fourth-order valence-corrected chi connectivity index (χ4v) is 1.72. The molecule has 1 atom stereocenters. The number of aromatic nitrogens is 1. The summed E-state index contributed by atoms with van der Waals surface area (Å²) in [6.45, 7) is 3.08. The highest BCUT2D eigenvalue weighted by molar-refractivity contribution is 5.80. The second kappa shape index (κ2) is 5.71. The molecule has 1 amide bonds. The molecule has 4 N–H and O–H groups in total. The number of benzene rings is 1. The van der Waals surface area contributed by atoms with Gasteiger partial charge >= 0.3 is 5.76 Å². The smallest absolute Gasteiger partial charge is 0.408 e. The van der Waals surface area contributed by atoms with E-state index in [1.54, 1.807) is 18.2 Å². The molecule has 0 saturated heterocycles. The van der Waals surface area contributed by atoms with Gasteiger partial charge in [-0.1, -0.05) is 13.0 Å². The van der Waals surface area contributed by atoms with E-state index in [0.717, 1.165) is 5.56 Å². The maximum Gasteiger partial charge on any atom is 0.417 e. The molecular weight excluding hydrogens is 246 g/mol. The normalized spacial score (nSPS) is 12.5. The van der Waals surface area contributed by atoms with Gasteiger partial charge in [0.15, 0.2) is 5.58 Å². The number of rotatable bonds is 5. The molecular formula is C13H17N3O3. The Bertz CT molecular complexity index is 629. The fourth-order valence-electron chi connectivity index (χ4n) is 1.72. The molecule has 0 bridgehead atoms. The second-order valence-electron chi connectivity index (χ2n) is 4.67. The number of carbonyl (C=O) groups excluding carboxylic acids is 1. The summed E-state index contributed by atoms with van der Waals surface area (Å²) >= 11 is 0. The first-order chi connectivity index (χ1) is 9.08. The Morgan fingerprint density at radius 2 is 2.32 bits per heavy atom. The first-order valence-electron chi connectivity index (χ1n) is 6.17. The van der Waals surface area contributed by atoms with Crippen LogP contribution in [0.1, 0.15) is 12.5 Å². The van der Waals surface area contributed by atoms with Crippen LogP contribution >= 0.6 is 0 Å². The first-order valence-corrected chi connectivity index (χ1v) is 6.17. The molecule has 2 aromatic rings.